The Morgan fingerprint density at radius 1 is 0.452 bits per heavy atom. The molecule has 62 heavy (non-hydrogen) atoms. The van der Waals surface area contributed by atoms with Gasteiger partial charge in [0.05, 0.1) is 52.3 Å². The minimum atomic E-state index is -0.856. The Morgan fingerprint density at radius 2 is 0.806 bits per heavy atom. The fourth-order valence-electron chi connectivity index (χ4n) is 6.26. The molecule has 14 nitrogen and oxygen atoms in total. The number of rotatable bonds is 16. The van der Waals surface area contributed by atoms with Crippen molar-refractivity contribution < 1.29 is 66.9 Å². The number of aliphatic hydroxyl groups excluding tert-OH is 1. The first-order valence-electron chi connectivity index (χ1n) is 19.1. The molecular weight excluding hydrogens is 801 g/mol. The summed E-state index contributed by atoms with van der Waals surface area (Å²) in [5.74, 6) is -0.475. The Kier molecular flexibility index (Phi) is 14.1. The van der Waals surface area contributed by atoms with Crippen molar-refractivity contribution in [2.45, 2.75) is 20.0 Å². The fraction of sp³-hybridized carbons (Fsp3) is 0.167. The van der Waals surface area contributed by atoms with Crippen molar-refractivity contribution >= 4 is 23.9 Å². The summed E-state index contributed by atoms with van der Waals surface area (Å²) in [4.78, 5) is 51.9. The van der Waals surface area contributed by atoms with Crippen molar-refractivity contribution in [1.82, 2.24) is 0 Å². The van der Waals surface area contributed by atoms with E-state index in [1.807, 2.05) is 6.92 Å². The van der Waals surface area contributed by atoms with Crippen LogP contribution in [0, 0.1) is 0 Å². The van der Waals surface area contributed by atoms with Gasteiger partial charge in [-0.1, -0.05) is 30.3 Å². The van der Waals surface area contributed by atoms with E-state index in [-0.39, 0.29) is 56.8 Å². The lowest BCUT2D eigenvalue weighted by Gasteiger charge is -2.17. The Balaban J connectivity index is 1.01. The van der Waals surface area contributed by atoms with Crippen molar-refractivity contribution in [3.63, 3.8) is 0 Å². The lowest BCUT2D eigenvalue weighted by molar-refractivity contribution is 0.0717. The van der Waals surface area contributed by atoms with Gasteiger partial charge in [-0.15, -0.1) is 0 Å². The summed E-state index contributed by atoms with van der Waals surface area (Å²) in [6.45, 7) is 3.79. The first-order chi connectivity index (χ1) is 30.0. The van der Waals surface area contributed by atoms with E-state index in [9.17, 15) is 24.3 Å². The quantitative estimate of drug-likeness (QED) is 0.0724. The summed E-state index contributed by atoms with van der Waals surface area (Å²) in [6, 6.07) is 31.6. The molecule has 0 bridgehead atoms. The number of methoxy groups -OCH3 is 4. The third-order valence-corrected chi connectivity index (χ3v) is 9.29. The van der Waals surface area contributed by atoms with Gasteiger partial charge in [0.1, 0.15) is 34.1 Å². The maximum absolute atomic E-state index is 13.0. The van der Waals surface area contributed by atoms with Gasteiger partial charge in [0.25, 0.3) is 0 Å². The van der Waals surface area contributed by atoms with Crippen molar-refractivity contribution in [1.29, 1.82) is 0 Å². The topological polar surface area (TPSA) is 172 Å². The Hall–Kier alpha value is -7.84. The number of ether oxygens (including phenoxy) is 9. The molecule has 0 aromatic heterocycles. The van der Waals surface area contributed by atoms with Gasteiger partial charge in [-0.05, 0) is 116 Å². The van der Waals surface area contributed by atoms with E-state index in [0.29, 0.717) is 29.4 Å². The van der Waals surface area contributed by atoms with Crippen LogP contribution in [0.15, 0.2) is 121 Å². The number of benzene rings is 6. The molecule has 318 valence electrons. The van der Waals surface area contributed by atoms with Gasteiger partial charge in [0.15, 0.2) is 23.0 Å². The number of hydrogen-bond acceptors (Lipinski definition) is 14. The highest BCUT2D eigenvalue weighted by atomic mass is 16.6. The molecule has 0 spiro atoms. The second-order valence-electron chi connectivity index (χ2n) is 13.2. The van der Waals surface area contributed by atoms with Crippen molar-refractivity contribution in [2.24, 2.45) is 0 Å². The van der Waals surface area contributed by atoms with Crippen LogP contribution in [0.3, 0.4) is 0 Å². The van der Waals surface area contributed by atoms with Crippen LogP contribution in [0.25, 0.3) is 11.1 Å². The number of carbonyl (C=O) groups excluding carboxylic acids is 4. The summed E-state index contributed by atoms with van der Waals surface area (Å²) >= 11 is 0. The number of esters is 4. The molecule has 0 aliphatic rings. The van der Waals surface area contributed by atoms with E-state index in [1.165, 1.54) is 89.1 Å². The number of hydrogen-bond donors (Lipinski definition) is 1. The summed E-state index contributed by atoms with van der Waals surface area (Å²) in [6.07, 6.45) is -0.856. The maximum Gasteiger partial charge on any atom is 0.347 e. The van der Waals surface area contributed by atoms with Gasteiger partial charge in [-0.3, -0.25) is 0 Å². The van der Waals surface area contributed by atoms with E-state index < -0.39 is 30.0 Å². The second-order valence-corrected chi connectivity index (χ2v) is 13.2. The van der Waals surface area contributed by atoms with E-state index in [2.05, 4.69) is 0 Å². The van der Waals surface area contributed by atoms with E-state index >= 15 is 0 Å². The van der Waals surface area contributed by atoms with Gasteiger partial charge in [-0.25, -0.2) is 19.2 Å². The van der Waals surface area contributed by atoms with E-state index in [4.69, 9.17) is 42.6 Å². The van der Waals surface area contributed by atoms with Crippen LogP contribution in [0.4, 0.5) is 0 Å². The van der Waals surface area contributed by atoms with E-state index in [1.54, 1.807) is 67.6 Å². The normalized spacial score (nSPS) is 11.1. The summed E-state index contributed by atoms with van der Waals surface area (Å²) in [5, 5.41) is 10.1. The van der Waals surface area contributed by atoms with Gasteiger partial charge in [0, 0.05) is 5.56 Å². The van der Waals surface area contributed by atoms with Crippen LogP contribution in [0.2, 0.25) is 0 Å². The zero-order valence-electron chi connectivity index (χ0n) is 34.6. The molecule has 0 radical (unpaired) electrons. The number of aliphatic hydroxyl groups is 1. The molecule has 6 aromatic rings. The molecule has 1 N–H and O–H groups in total. The standard InChI is InChI=1S/C48H42O14/c1-7-58-40-27-26-39(43(56-5)44(40)57-6)48(53)62-36-22-14-32(15-23-36)46(51)60-34-18-10-30(11-19-34)29-8-16-33(17-9-29)59-45(50)31-12-20-35(21-13-31)61-47(52)38-25-24-37(28(2)49)41(54-3)42(38)55-4/h8-28,49H,7H2,1-6H3. The highest BCUT2D eigenvalue weighted by molar-refractivity contribution is 5.97. The van der Waals surface area contributed by atoms with Gasteiger partial charge in [-0.2, -0.15) is 0 Å². The minimum Gasteiger partial charge on any atom is -0.492 e. The molecule has 0 saturated heterocycles. The molecule has 1 atom stereocenters. The minimum absolute atomic E-state index is 0.0906. The summed E-state index contributed by atoms with van der Waals surface area (Å²) < 4.78 is 49.3. The Labute approximate surface area is 357 Å². The molecule has 0 saturated carbocycles. The summed E-state index contributed by atoms with van der Waals surface area (Å²) in [5.41, 5.74) is 2.76. The average Bonchev–Trinajstić information content (AvgIpc) is 3.29. The van der Waals surface area contributed by atoms with Crippen LogP contribution >= 0.6 is 0 Å². The zero-order chi connectivity index (χ0) is 44.3. The van der Waals surface area contributed by atoms with Crippen LogP contribution < -0.4 is 42.6 Å². The molecule has 0 aliphatic carbocycles. The molecule has 0 fully saturated rings. The average molecular weight is 843 g/mol. The lowest BCUT2D eigenvalue weighted by atomic mass is 10.0. The van der Waals surface area contributed by atoms with Gasteiger partial charge >= 0.3 is 23.9 Å². The predicted molar refractivity (Wildman–Crippen MR) is 225 cm³/mol. The molecule has 1 unspecified atom stereocenters. The fourth-order valence-corrected chi connectivity index (χ4v) is 6.26. The van der Waals surface area contributed by atoms with Crippen molar-refractivity contribution in [3.05, 3.63) is 149 Å². The Morgan fingerprint density at radius 3 is 1.18 bits per heavy atom. The molecule has 0 amide bonds. The van der Waals surface area contributed by atoms with Gasteiger partial charge in [0.2, 0.25) is 5.75 Å². The maximum atomic E-state index is 13.0. The molecule has 0 aliphatic heterocycles. The molecule has 6 aromatic carbocycles. The number of carbonyl (C=O) groups is 4. The van der Waals surface area contributed by atoms with E-state index in [0.717, 1.165) is 11.1 Å². The zero-order valence-corrected chi connectivity index (χ0v) is 34.6. The van der Waals surface area contributed by atoms with Gasteiger partial charge < -0.3 is 47.7 Å². The van der Waals surface area contributed by atoms with Crippen LogP contribution in [-0.2, 0) is 0 Å². The van der Waals surface area contributed by atoms with Crippen LogP contribution in [-0.4, -0.2) is 64.0 Å². The SMILES string of the molecule is CCOc1ccc(C(=O)Oc2ccc(C(=O)Oc3ccc(-c4ccc(OC(=O)c5ccc(OC(=O)c6ccc(C(C)O)c(OC)c6OC)cc5)cc4)cc3)cc2)c(OC)c1OC. The largest absolute Gasteiger partial charge is 0.492 e. The molecule has 6 rings (SSSR count). The monoisotopic (exact) mass is 842 g/mol. The highest BCUT2D eigenvalue weighted by Gasteiger charge is 2.25. The van der Waals surface area contributed by atoms with Crippen molar-refractivity contribution in [3.8, 4) is 62.9 Å². The first kappa shape index (κ1) is 43.7. The third-order valence-electron chi connectivity index (χ3n) is 9.29. The second kappa shape index (κ2) is 19.9. The molecule has 0 heterocycles. The molecular formula is C48H42O14. The van der Waals surface area contributed by atoms with Crippen LogP contribution in [0.1, 0.15) is 66.9 Å². The summed E-state index contributed by atoms with van der Waals surface area (Å²) in [7, 11) is 5.64. The highest BCUT2D eigenvalue weighted by Crippen LogP contribution is 2.41. The first-order valence-corrected chi connectivity index (χ1v) is 19.1. The molecule has 14 heteroatoms. The predicted octanol–water partition coefficient (Wildman–Crippen LogP) is 8.72. The lowest BCUT2D eigenvalue weighted by Crippen LogP contribution is -2.12. The van der Waals surface area contributed by atoms with Crippen LogP contribution in [0.5, 0.6) is 51.7 Å². The third kappa shape index (κ3) is 9.95. The Bertz CT molecular complexity index is 2550. The van der Waals surface area contributed by atoms with Crippen molar-refractivity contribution in [2.75, 3.05) is 35.0 Å². The smallest absolute Gasteiger partial charge is 0.347 e.